The monoisotopic (exact) mass is 457 g/mol. The van der Waals surface area contributed by atoms with Crippen LogP contribution in [0.2, 0.25) is 5.15 Å². The molecule has 0 aliphatic rings. The van der Waals surface area contributed by atoms with Crippen molar-refractivity contribution in [1.82, 2.24) is 10.4 Å². The van der Waals surface area contributed by atoms with Crippen molar-refractivity contribution in [2.24, 2.45) is 5.10 Å². The Kier molecular flexibility index (Phi) is 6.79. The van der Waals surface area contributed by atoms with Gasteiger partial charge in [0.15, 0.2) is 0 Å². The Morgan fingerprint density at radius 1 is 1.25 bits per heavy atom. The molecule has 0 saturated carbocycles. The quantitative estimate of drug-likeness (QED) is 0.316. The summed E-state index contributed by atoms with van der Waals surface area (Å²) in [6, 6.07) is 17.0. The number of carbonyl (C=O) groups excluding carboxylic acids is 1. The van der Waals surface area contributed by atoms with E-state index < -0.39 is 5.91 Å². The van der Waals surface area contributed by atoms with Gasteiger partial charge in [-0.3, -0.25) is 4.79 Å². The first-order chi connectivity index (χ1) is 13.5. The molecule has 28 heavy (non-hydrogen) atoms. The molecule has 0 unspecified atom stereocenters. The van der Waals surface area contributed by atoms with Crippen LogP contribution in [-0.4, -0.2) is 17.1 Å². The van der Waals surface area contributed by atoms with Crippen LogP contribution in [0.15, 0.2) is 70.4 Å². The smallest absolute Gasteiger partial charge is 0.274 e. The molecule has 0 spiro atoms. The predicted octanol–water partition coefficient (Wildman–Crippen LogP) is 5.15. The van der Waals surface area contributed by atoms with E-state index >= 15 is 0 Å². The van der Waals surface area contributed by atoms with Gasteiger partial charge in [-0.05, 0) is 64.3 Å². The number of rotatable bonds is 6. The summed E-state index contributed by atoms with van der Waals surface area (Å²) in [7, 11) is 0. The van der Waals surface area contributed by atoms with E-state index in [0.717, 1.165) is 21.3 Å². The molecular formula is C21H17BrClN3O2. The molecule has 1 heterocycles. The minimum absolute atomic E-state index is 0.132. The van der Waals surface area contributed by atoms with Crippen LogP contribution in [0.1, 0.15) is 27.0 Å². The zero-order chi connectivity index (χ0) is 19.9. The fraction of sp³-hybridized carbons (Fsp3) is 0.0952. The first kappa shape index (κ1) is 20.0. The first-order valence-corrected chi connectivity index (χ1v) is 9.62. The van der Waals surface area contributed by atoms with Gasteiger partial charge in [-0.15, -0.1) is 0 Å². The molecule has 0 aliphatic carbocycles. The molecule has 2 aromatic carbocycles. The van der Waals surface area contributed by atoms with Gasteiger partial charge in [0, 0.05) is 6.20 Å². The van der Waals surface area contributed by atoms with Crippen LogP contribution in [-0.2, 0) is 6.61 Å². The number of halogens is 2. The topological polar surface area (TPSA) is 63.6 Å². The normalized spacial score (nSPS) is 10.8. The van der Waals surface area contributed by atoms with E-state index in [-0.39, 0.29) is 10.7 Å². The first-order valence-electron chi connectivity index (χ1n) is 8.45. The van der Waals surface area contributed by atoms with Crippen molar-refractivity contribution in [1.29, 1.82) is 0 Å². The number of hydrogen-bond donors (Lipinski definition) is 1. The number of nitrogens with one attached hydrogen (secondary N) is 1. The maximum Gasteiger partial charge on any atom is 0.274 e. The molecule has 0 bridgehead atoms. The van der Waals surface area contributed by atoms with Gasteiger partial charge in [-0.1, -0.05) is 41.4 Å². The average molecular weight is 459 g/mol. The molecule has 1 aromatic heterocycles. The molecule has 0 radical (unpaired) electrons. The third-order valence-corrected chi connectivity index (χ3v) is 4.78. The van der Waals surface area contributed by atoms with Gasteiger partial charge < -0.3 is 4.74 Å². The second kappa shape index (κ2) is 9.48. The van der Waals surface area contributed by atoms with E-state index in [0.29, 0.717) is 6.61 Å². The van der Waals surface area contributed by atoms with E-state index in [1.54, 1.807) is 12.1 Å². The predicted molar refractivity (Wildman–Crippen MR) is 114 cm³/mol. The molecule has 0 atom stereocenters. The molecular weight excluding hydrogens is 442 g/mol. The fourth-order valence-electron chi connectivity index (χ4n) is 2.34. The van der Waals surface area contributed by atoms with Gasteiger partial charge in [0.2, 0.25) is 0 Å². The Hall–Kier alpha value is -2.70. The van der Waals surface area contributed by atoms with Gasteiger partial charge in [-0.2, -0.15) is 5.10 Å². The lowest BCUT2D eigenvalue weighted by molar-refractivity contribution is 0.0955. The highest BCUT2D eigenvalue weighted by Gasteiger charge is 2.09. The molecule has 0 saturated heterocycles. The van der Waals surface area contributed by atoms with E-state index in [1.165, 1.54) is 18.0 Å². The third-order valence-electron chi connectivity index (χ3n) is 3.85. The van der Waals surface area contributed by atoms with Crippen molar-refractivity contribution in [2.75, 3.05) is 0 Å². The maximum absolute atomic E-state index is 12.0. The second-order valence-electron chi connectivity index (χ2n) is 6.01. The Morgan fingerprint density at radius 3 is 2.75 bits per heavy atom. The summed E-state index contributed by atoms with van der Waals surface area (Å²) in [5.74, 6) is 0.301. The summed E-state index contributed by atoms with van der Waals surface area (Å²) in [5.41, 5.74) is 5.81. The standard InChI is InChI=1S/C21H17BrClN3O2/c1-14-4-6-15(7-5-14)13-28-19-9-8-16(11-18(19)22)12-25-26-21(27)17-3-2-10-24-20(17)23/h2-12H,13H2,1H3,(H,26,27). The highest BCUT2D eigenvalue weighted by atomic mass is 79.9. The highest BCUT2D eigenvalue weighted by molar-refractivity contribution is 9.10. The van der Waals surface area contributed by atoms with Crippen LogP contribution >= 0.6 is 27.5 Å². The number of nitrogens with zero attached hydrogens (tertiary/aromatic N) is 2. The lowest BCUT2D eigenvalue weighted by Crippen LogP contribution is -2.18. The number of amides is 1. The number of aromatic nitrogens is 1. The highest BCUT2D eigenvalue weighted by Crippen LogP contribution is 2.26. The largest absolute Gasteiger partial charge is 0.488 e. The number of hydrazone groups is 1. The van der Waals surface area contributed by atoms with E-state index in [4.69, 9.17) is 16.3 Å². The summed E-state index contributed by atoms with van der Waals surface area (Å²) < 4.78 is 6.65. The molecule has 3 aromatic rings. The molecule has 7 heteroatoms. The SMILES string of the molecule is Cc1ccc(COc2ccc(C=NNC(=O)c3cccnc3Cl)cc2Br)cc1. The minimum Gasteiger partial charge on any atom is -0.488 e. The number of aryl methyl sites for hydroxylation is 1. The number of ether oxygens (including phenoxy) is 1. The summed E-state index contributed by atoms with van der Waals surface area (Å²) in [6.07, 6.45) is 3.05. The minimum atomic E-state index is -0.425. The number of pyridine rings is 1. The number of carbonyl (C=O) groups is 1. The lowest BCUT2D eigenvalue weighted by Gasteiger charge is -2.09. The van der Waals surface area contributed by atoms with Crippen LogP contribution < -0.4 is 10.2 Å². The number of benzene rings is 2. The van der Waals surface area contributed by atoms with Crippen molar-refractivity contribution in [3.05, 3.63) is 92.7 Å². The third kappa shape index (κ3) is 5.41. The molecule has 5 nitrogen and oxygen atoms in total. The second-order valence-corrected chi connectivity index (χ2v) is 7.22. The van der Waals surface area contributed by atoms with Gasteiger partial charge in [0.25, 0.3) is 5.91 Å². The summed E-state index contributed by atoms with van der Waals surface area (Å²) in [6.45, 7) is 2.53. The van der Waals surface area contributed by atoms with Crippen LogP contribution in [0.4, 0.5) is 0 Å². The Morgan fingerprint density at radius 2 is 2.04 bits per heavy atom. The van der Waals surface area contributed by atoms with Crippen molar-refractivity contribution >= 4 is 39.7 Å². The molecule has 0 aliphatic heterocycles. The summed E-state index contributed by atoms with van der Waals surface area (Å²) in [4.78, 5) is 15.9. The molecule has 1 N–H and O–H groups in total. The van der Waals surface area contributed by atoms with Gasteiger partial charge in [0.1, 0.15) is 17.5 Å². The van der Waals surface area contributed by atoms with Crippen LogP contribution in [0.25, 0.3) is 0 Å². The lowest BCUT2D eigenvalue weighted by atomic mass is 10.2. The number of hydrogen-bond acceptors (Lipinski definition) is 4. The summed E-state index contributed by atoms with van der Waals surface area (Å²) in [5, 5.41) is 4.09. The average Bonchev–Trinajstić information content (AvgIpc) is 2.69. The van der Waals surface area contributed by atoms with Crippen LogP contribution in [0.3, 0.4) is 0 Å². The molecule has 0 fully saturated rings. The van der Waals surface area contributed by atoms with Crippen molar-refractivity contribution in [3.63, 3.8) is 0 Å². The van der Waals surface area contributed by atoms with Crippen molar-refractivity contribution < 1.29 is 9.53 Å². The molecule has 1 amide bonds. The zero-order valence-corrected chi connectivity index (χ0v) is 17.4. The maximum atomic E-state index is 12.0. The van der Waals surface area contributed by atoms with Gasteiger partial charge in [0.05, 0.1) is 16.3 Å². The summed E-state index contributed by atoms with van der Waals surface area (Å²) >= 11 is 9.39. The van der Waals surface area contributed by atoms with Crippen LogP contribution in [0, 0.1) is 6.92 Å². The van der Waals surface area contributed by atoms with Crippen molar-refractivity contribution in [2.45, 2.75) is 13.5 Å². The Balaban J connectivity index is 1.59. The fourth-order valence-corrected chi connectivity index (χ4v) is 3.06. The van der Waals surface area contributed by atoms with E-state index in [9.17, 15) is 4.79 Å². The van der Waals surface area contributed by atoms with E-state index in [1.807, 2.05) is 30.3 Å². The molecule has 3 rings (SSSR count). The molecule has 142 valence electrons. The Labute approximate surface area is 176 Å². The zero-order valence-electron chi connectivity index (χ0n) is 15.0. The van der Waals surface area contributed by atoms with Crippen molar-refractivity contribution in [3.8, 4) is 5.75 Å². The van der Waals surface area contributed by atoms with E-state index in [2.05, 4.69) is 50.5 Å². The van der Waals surface area contributed by atoms with Gasteiger partial charge >= 0.3 is 0 Å². The van der Waals surface area contributed by atoms with Crippen LogP contribution in [0.5, 0.6) is 5.75 Å². The Bertz CT molecular complexity index is 1010. The van der Waals surface area contributed by atoms with Gasteiger partial charge in [-0.25, -0.2) is 10.4 Å².